The predicted octanol–water partition coefficient (Wildman–Crippen LogP) is 0.952. The summed E-state index contributed by atoms with van der Waals surface area (Å²) in [4.78, 5) is 28.0. The summed E-state index contributed by atoms with van der Waals surface area (Å²) >= 11 is 0. The molecule has 0 aliphatic rings. The second-order valence-electron chi connectivity index (χ2n) is 14.1. The molecule has 0 bridgehead atoms. The maximum absolute atomic E-state index is 11.9. The highest BCUT2D eigenvalue weighted by Crippen LogP contribution is 2.13. The first kappa shape index (κ1) is 82.4. The molecule has 1 aromatic rings. The summed E-state index contributed by atoms with van der Waals surface area (Å²) in [6, 6.07) is 6.46. The summed E-state index contributed by atoms with van der Waals surface area (Å²) in [6.07, 6.45) is -1.64. The molecule has 0 atom stereocenters. The number of aliphatic hydroxyl groups is 4. The Morgan fingerprint density at radius 3 is 0.852 bits per heavy atom. The first-order valence-corrected chi connectivity index (χ1v) is 26.6. The van der Waals surface area contributed by atoms with Crippen molar-refractivity contribution in [2.45, 2.75) is 11.8 Å². The van der Waals surface area contributed by atoms with Gasteiger partial charge in [-0.15, -0.1) is 0 Å². The molecule has 0 saturated carbocycles. The van der Waals surface area contributed by atoms with Gasteiger partial charge in [0.05, 0.1) is 210 Å². The van der Waals surface area contributed by atoms with Gasteiger partial charge in [0.1, 0.15) is 13.2 Å². The molecule has 1 rings (SSSR count). The highest BCUT2D eigenvalue weighted by molar-refractivity contribution is 7.86. The number of nitrogens with two attached hydrogens (primary N) is 2. The minimum Gasteiger partial charge on any atom is -0.447 e. The van der Waals surface area contributed by atoms with Crippen molar-refractivity contribution < 1.29 is 114 Å². The summed E-state index contributed by atoms with van der Waals surface area (Å²) in [5.41, 5.74) is 34.2. The topological polar surface area (TPSA) is 495 Å². The zero-order valence-electron chi connectivity index (χ0n) is 46.3. The van der Waals surface area contributed by atoms with Crippen LogP contribution >= 0.6 is 0 Å². The molecule has 0 heterocycles. The maximum Gasteiger partial charge on any atom is 0.404 e. The van der Waals surface area contributed by atoms with Gasteiger partial charge in [-0.1, -0.05) is 33.0 Å². The number of hydrogen-bond acceptors (Lipinski definition) is 27. The van der Waals surface area contributed by atoms with Crippen LogP contribution < -0.4 is 11.5 Å². The van der Waals surface area contributed by atoms with Crippen LogP contribution in [0, 0.1) is 6.92 Å². The molecule has 1 aromatic carbocycles. The van der Waals surface area contributed by atoms with Gasteiger partial charge in [0.25, 0.3) is 10.1 Å². The summed E-state index contributed by atoms with van der Waals surface area (Å²) in [5, 5.41) is 43.4. The number of primary amides is 2. The lowest BCUT2D eigenvalue weighted by Gasteiger charge is -2.08. The molecule has 0 aliphatic carbocycles. The van der Waals surface area contributed by atoms with Gasteiger partial charge in [-0.3, -0.25) is 4.18 Å². The summed E-state index contributed by atoms with van der Waals surface area (Å²) in [5.74, 6) is 0. The molecule has 35 nitrogen and oxygen atoms in total. The van der Waals surface area contributed by atoms with E-state index in [1.54, 1.807) is 12.1 Å². The van der Waals surface area contributed by atoms with Gasteiger partial charge in [-0.05, 0) is 35.6 Å². The van der Waals surface area contributed by atoms with Crippen LogP contribution in [0.1, 0.15) is 5.56 Å². The molecule has 2 amide bonds. The van der Waals surface area contributed by atoms with E-state index in [1.165, 1.54) is 12.1 Å². The van der Waals surface area contributed by atoms with Crippen molar-refractivity contribution in [2.24, 2.45) is 26.8 Å². The number of carbonyl (C=O) groups is 2. The van der Waals surface area contributed by atoms with Crippen LogP contribution in [0.4, 0.5) is 9.59 Å². The number of benzene rings is 1. The van der Waals surface area contributed by atoms with E-state index in [9.17, 15) is 18.0 Å². The first-order valence-electron chi connectivity index (χ1n) is 25.2. The lowest BCUT2D eigenvalue weighted by atomic mass is 10.2. The van der Waals surface area contributed by atoms with Gasteiger partial charge < -0.3 is 103 Å². The Kier molecular flexibility index (Phi) is 74.2. The average molecular weight is 1200 g/mol. The standard InChI is InChI=1S/C15H24O7S.C9H18N4O5.C8H17N3O4.C8H18O5.C5H10N4O3/c1-14-2-4-15(5-3-14)23(17,18)22-13-12-21-11-10-20-9-8-19-7-6-16;10-9(14)18-8-7-17-6-5-16-4-3-15-2-1-12-13-11;9-11-10-1-3-13-5-7-15-8-6-14-4-2-12;9-1-3-11-5-7-13-8-6-12-4-2-10;6-5(10)12-4-3-11-2-1-8-9-7/h2-5,16H,6-13H2,1H3;1-8H2,(H2,10,14);12H,1-8H2;9-10H,1-8H2;1-4H2,(H2,6,10). The van der Waals surface area contributed by atoms with Gasteiger partial charge in [0, 0.05) is 34.4 Å². The predicted molar refractivity (Wildman–Crippen MR) is 286 cm³/mol. The number of carbonyl (C=O) groups excluding carboxylic acids is 2. The molecule has 472 valence electrons. The molecule has 0 radical (unpaired) electrons. The van der Waals surface area contributed by atoms with E-state index in [1.807, 2.05) is 6.92 Å². The van der Waals surface area contributed by atoms with Gasteiger partial charge in [0.15, 0.2) is 0 Å². The Balaban J connectivity index is -0.000000468. The highest BCUT2D eigenvalue weighted by Gasteiger charge is 2.14. The minimum absolute atomic E-state index is 0.00535. The maximum atomic E-state index is 11.9. The SMILES string of the molecule is Cc1ccc(S(=O)(=O)OCCOCCOCCOCCO)cc1.OCCOCCOCCOCCO.[N-]=[N+]=NCCOCCOC(N)=O.[N-]=[N+]=NCCOCCOCCOCCO.[N-]=[N+]=NCCOCCOCCOCCOC(N)=O. The van der Waals surface area contributed by atoms with Crippen LogP contribution in [-0.2, 0) is 85.4 Å². The van der Waals surface area contributed by atoms with Crippen LogP contribution in [0.2, 0.25) is 0 Å². The smallest absolute Gasteiger partial charge is 0.404 e. The monoisotopic (exact) mass is 1200 g/mol. The zero-order valence-corrected chi connectivity index (χ0v) is 47.1. The number of rotatable bonds is 52. The number of hydrogen-bond donors (Lipinski definition) is 6. The third kappa shape index (κ3) is 79.2. The molecule has 0 aliphatic heterocycles. The average Bonchev–Trinajstić information content (AvgIpc) is 3.46. The van der Waals surface area contributed by atoms with Crippen molar-refractivity contribution in [2.75, 3.05) is 238 Å². The second kappa shape index (κ2) is 72.9. The normalized spacial score (nSPS) is 10.3. The molecule has 0 fully saturated rings. The lowest BCUT2D eigenvalue weighted by Crippen LogP contribution is -2.17. The van der Waals surface area contributed by atoms with Gasteiger partial charge in [-0.2, -0.15) is 8.42 Å². The Hall–Kier alpha value is -5.08. The highest BCUT2D eigenvalue weighted by atomic mass is 32.2. The van der Waals surface area contributed by atoms with E-state index in [0.717, 1.165) is 5.56 Å². The Morgan fingerprint density at radius 2 is 0.617 bits per heavy atom. The molecule has 0 saturated heterocycles. The van der Waals surface area contributed by atoms with Crippen molar-refractivity contribution in [1.29, 1.82) is 0 Å². The van der Waals surface area contributed by atoms with Gasteiger partial charge in [0.2, 0.25) is 0 Å². The van der Waals surface area contributed by atoms with Crippen molar-refractivity contribution in [1.82, 2.24) is 0 Å². The Labute approximate surface area is 472 Å². The van der Waals surface area contributed by atoms with Gasteiger partial charge in [-0.25, -0.2) is 9.59 Å². The molecule has 0 aromatic heterocycles. The second-order valence-corrected chi connectivity index (χ2v) is 15.8. The minimum atomic E-state index is -3.74. The van der Waals surface area contributed by atoms with E-state index >= 15 is 0 Å². The van der Waals surface area contributed by atoms with Crippen LogP contribution in [-0.4, -0.2) is 279 Å². The molecule has 0 unspecified atom stereocenters. The van der Waals surface area contributed by atoms with Crippen molar-refractivity contribution in [3.05, 3.63) is 61.2 Å². The molecule has 81 heavy (non-hydrogen) atoms. The van der Waals surface area contributed by atoms with Crippen LogP contribution in [0.15, 0.2) is 44.5 Å². The number of nitrogens with zero attached hydrogens (tertiary/aromatic N) is 9. The molecule has 0 spiro atoms. The Morgan fingerprint density at radius 1 is 0.395 bits per heavy atom. The van der Waals surface area contributed by atoms with Crippen LogP contribution in [0.5, 0.6) is 0 Å². The van der Waals surface area contributed by atoms with Crippen LogP contribution in [0.3, 0.4) is 0 Å². The lowest BCUT2D eigenvalue weighted by molar-refractivity contribution is 0.00230. The summed E-state index contributed by atoms with van der Waals surface area (Å²) in [6.45, 7) is 13.4. The van der Waals surface area contributed by atoms with Crippen molar-refractivity contribution in [3.8, 4) is 0 Å². The molecular formula is C45H87N11O24S. The first-order chi connectivity index (χ1) is 39.4. The summed E-state index contributed by atoms with van der Waals surface area (Å²) in [7, 11) is -3.74. The van der Waals surface area contributed by atoms with E-state index in [0.29, 0.717) is 165 Å². The van der Waals surface area contributed by atoms with Crippen LogP contribution in [0.25, 0.3) is 31.3 Å². The fraction of sp³-hybridized carbons (Fsp3) is 0.822. The fourth-order valence-corrected chi connectivity index (χ4v) is 5.25. The van der Waals surface area contributed by atoms with E-state index in [-0.39, 0.29) is 77.5 Å². The third-order valence-electron chi connectivity index (χ3n) is 7.83. The number of ether oxygens (including phenoxy) is 15. The quantitative estimate of drug-likeness (QED) is 0.0174. The molecular weight excluding hydrogens is 1110 g/mol. The number of amides is 2. The van der Waals surface area contributed by atoms with Crippen molar-refractivity contribution in [3.63, 3.8) is 0 Å². The molecule has 8 N–H and O–H groups in total. The fourth-order valence-electron chi connectivity index (χ4n) is 4.36. The number of aryl methyl sites for hydroxylation is 1. The third-order valence-corrected chi connectivity index (χ3v) is 9.16. The summed E-state index contributed by atoms with van der Waals surface area (Å²) < 4.78 is 103. The molecule has 36 heteroatoms. The number of azide groups is 3. The number of aliphatic hydroxyl groups excluding tert-OH is 4. The van der Waals surface area contributed by atoms with E-state index in [4.69, 9.17) is 109 Å². The van der Waals surface area contributed by atoms with E-state index in [2.05, 4.69) is 45.3 Å². The van der Waals surface area contributed by atoms with Crippen molar-refractivity contribution >= 4 is 22.3 Å². The van der Waals surface area contributed by atoms with Gasteiger partial charge >= 0.3 is 12.2 Å². The van der Waals surface area contributed by atoms with E-state index < -0.39 is 22.3 Å². The zero-order chi connectivity index (χ0) is 60.7. The Bertz CT molecular complexity index is 1730. The largest absolute Gasteiger partial charge is 0.447 e.